The predicted octanol–water partition coefficient (Wildman–Crippen LogP) is 4.14. The van der Waals surface area contributed by atoms with Gasteiger partial charge in [0.25, 0.3) is 0 Å². The predicted molar refractivity (Wildman–Crippen MR) is 167 cm³/mol. The van der Waals surface area contributed by atoms with Crippen LogP contribution < -0.4 is 10.6 Å². The number of carboxylic acid groups (broad SMARTS) is 1. The summed E-state index contributed by atoms with van der Waals surface area (Å²) in [6.07, 6.45) is 1.29. The maximum atomic E-state index is 13.0. The lowest BCUT2D eigenvalue weighted by Crippen LogP contribution is -2.73. The van der Waals surface area contributed by atoms with Gasteiger partial charge in [-0.15, -0.1) is 18.3 Å². The number of carbonyl (C=O) groups excluding carboxylic acids is 2. The molecule has 3 atom stereocenters. The van der Waals surface area contributed by atoms with E-state index in [4.69, 9.17) is 0 Å². The summed E-state index contributed by atoms with van der Waals surface area (Å²) in [4.78, 5) is 43.7. The van der Waals surface area contributed by atoms with Crippen molar-refractivity contribution in [2.24, 2.45) is 5.41 Å². The third-order valence-corrected chi connectivity index (χ3v) is 10.2. The van der Waals surface area contributed by atoms with Crippen molar-refractivity contribution < 1.29 is 19.5 Å². The van der Waals surface area contributed by atoms with Crippen molar-refractivity contribution in [3.63, 3.8) is 0 Å². The molecule has 0 bridgehead atoms. The normalized spacial score (nSPS) is 21.3. The lowest BCUT2D eigenvalue weighted by molar-refractivity contribution is -0.156. The quantitative estimate of drug-likeness (QED) is 0.139. The van der Waals surface area contributed by atoms with Crippen molar-refractivity contribution in [3.8, 4) is 0 Å². The number of anilines is 1. The summed E-state index contributed by atoms with van der Waals surface area (Å²) in [5.41, 5.74) is 1.09. The number of nitrogens with one attached hydrogen (secondary N) is 2. The maximum absolute atomic E-state index is 13.0. The number of carboxylic acids is 1. The van der Waals surface area contributed by atoms with E-state index in [2.05, 4.69) is 63.0 Å². The van der Waals surface area contributed by atoms with Crippen LogP contribution in [0.15, 0.2) is 104 Å². The molecular formula is C32H29N5O4S2. The van der Waals surface area contributed by atoms with E-state index in [0.717, 1.165) is 16.7 Å². The van der Waals surface area contributed by atoms with Crippen LogP contribution in [0.3, 0.4) is 0 Å². The first-order chi connectivity index (χ1) is 20.9. The van der Waals surface area contributed by atoms with E-state index in [0.29, 0.717) is 11.0 Å². The molecule has 3 aromatic carbocycles. The van der Waals surface area contributed by atoms with E-state index < -0.39 is 23.0 Å². The van der Waals surface area contributed by atoms with Gasteiger partial charge in [-0.2, -0.15) is 4.37 Å². The fourth-order valence-corrected chi connectivity index (χ4v) is 7.80. The topological polar surface area (TPSA) is 125 Å². The summed E-state index contributed by atoms with van der Waals surface area (Å²) in [7, 11) is 0. The Bertz CT molecular complexity index is 1550. The highest BCUT2D eigenvalue weighted by molar-refractivity contribution is 8.00. The lowest BCUT2D eigenvalue weighted by Gasteiger charge is -2.53. The van der Waals surface area contributed by atoms with E-state index in [1.165, 1.54) is 34.3 Å². The molecule has 2 unspecified atom stereocenters. The van der Waals surface area contributed by atoms with Gasteiger partial charge in [0.05, 0.1) is 6.42 Å². The van der Waals surface area contributed by atoms with Crippen molar-refractivity contribution in [1.82, 2.24) is 19.6 Å². The molecule has 2 aliphatic heterocycles. The van der Waals surface area contributed by atoms with Crippen LogP contribution >= 0.6 is 23.3 Å². The second-order valence-corrected chi connectivity index (χ2v) is 12.4. The Morgan fingerprint density at radius 2 is 1.56 bits per heavy atom. The minimum Gasteiger partial charge on any atom is -0.481 e. The van der Waals surface area contributed by atoms with Crippen LogP contribution in [0.4, 0.5) is 5.13 Å². The Morgan fingerprint density at radius 1 is 1.00 bits per heavy atom. The summed E-state index contributed by atoms with van der Waals surface area (Å²) in [6, 6.07) is 29.6. The molecule has 2 saturated heterocycles. The number of carbonyl (C=O) groups is 3. The molecule has 1 aromatic heterocycles. The van der Waals surface area contributed by atoms with Crippen LogP contribution in [0.2, 0.25) is 0 Å². The molecule has 0 spiro atoms. The minimum absolute atomic E-state index is 0.0450. The summed E-state index contributed by atoms with van der Waals surface area (Å²) >= 11 is 2.50. The first-order valence-corrected chi connectivity index (χ1v) is 15.5. The molecule has 4 aromatic rings. The van der Waals surface area contributed by atoms with Crippen molar-refractivity contribution in [2.45, 2.75) is 23.4 Å². The Balaban J connectivity index is 1.20. The zero-order chi connectivity index (χ0) is 30.0. The van der Waals surface area contributed by atoms with Gasteiger partial charge in [-0.05, 0) is 16.7 Å². The number of aliphatic carboxylic acids is 1. The number of thioether (sulfide) groups is 1. The molecule has 0 saturated carbocycles. The van der Waals surface area contributed by atoms with Crippen LogP contribution in [0, 0.1) is 5.41 Å². The summed E-state index contributed by atoms with van der Waals surface area (Å²) in [6.45, 7) is 3.70. The molecule has 2 aliphatic rings. The number of amides is 2. The molecule has 43 heavy (non-hydrogen) atoms. The zero-order valence-corrected chi connectivity index (χ0v) is 24.7. The van der Waals surface area contributed by atoms with Crippen molar-refractivity contribution in [1.29, 1.82) is 0 Å². The highest BCUT2D eigenvalue weighted by Gasteiger charge is 2.56. The number of nitrogens with zero attached hydrogens (tertiary/aromatic N) is 3. The number of rotatable bonds is 10. The van der Waals surface area contributed by atoms with Gasteiger partial charge in [0, 0.05) is 23.8 Å². The van der Waals surface area contributed by atoms with Gasteiger partial charge in [-0.3, -0.25) is 14.4 Å². The van der Waals surface area contributed by atoms with Gasteiger partial charge in [-0.25, -0.2) is 4.98 Å². The van der Waals surface area contributed by atoms with Crippen LogP contribution in [0.25, 0.3) is 0 Å². The molecule has 218 valence electrons. The van der Waals surface area contributed by atoms with Gasteiger partial charge in [0.15, 0.2) is 5.82 Å². The number of fused-ring (bicyclic) bond motifs is 1. The summed E-state index contributed by atoms with van der Waals surface area (Å²) in [5, 5.41) is 16.3. The van der Waals surface area contributed by atoms with Gasteiger partial charge >= 0.3 is 5.97 Å². The van der Waals surface area contributed by atoms with E-state index >= 15 is 0 Å². The van der Waals surface area contributed by atoms with E-state index in [-0.39, 0.29) is 35.9 Å². The highest BCUT2D eigenvalue weighted by Crippen LogP contribution is 2.43. The number of hydrogen-bond donors (Lipinski definition) is 3. The third-order valence-electron chi connectivity index (χ3n) is 7.94. The SMILES string of the molecule is C=CC1(C(=O)O)CS[C@@H]2C(NC(=O)Cc3nsc(NC(c4ccccc4)(c4ccccc4)c4ccccc4)n3)C(=O)N2C1. The van der Waals surface area contributed by atoms with E-state index in [1.807, 2.05) is 54.6 Å². The molecular weight excluding hydrogens is 583 g/mol. The Morgan fingerprint density at radius 3 is 2.07 bits per heavy atom. The van der Waals surface area contributed by atoms with Crippen molar-refractivity contribution in [2.75, 3.05) is 17.6 Å². The second kappa shape index (κ2) is 11.7. The average molecular weight is 612 g/mol. The van der Waals surface area contributed by atoms with Gasteiger partial charge < -0.3 is 20.6 Å². The standard InChI is InChI=1S/C32H29N5O4S2/c1-2-31(29(40)41)19-37-27(39)26(28(37)42-20-31)34-25(38)18-24-33-30(43-36-24)35-32(21-12-6-3-7-13-21,22-14-8-4-9-15-22)23-16-10-5-11-17-23/h2-17,26,28H,1,18-20H2,(H,34,38)(H,40,41)(H,33,35,36)/t26?,28-,31?/m1/s1. The number of benzene rings is 3. The first kappa shape index (κ1) is 28.6. The molecule has 0 radical (unpaired) electrons. The zero-order valence-electron chi connectivity index (χ0n) is 23.1. The monoisotopic (exact) mass is 611 g/mol. The van der Waals surface area contributed by atoms with Gasteiger partial charge in [0.1, 0.15) is 22.4 Å². The largest absolute Gasteiger partial charge is 0.481 e. The Labute approximate surface area is 257 Å². The van der Waals surface area contributed by atoms with Crippen molar-refractivity contribution >= 4 is 46.2 Å². The molecule has 3 heterocycles. The van der Waals surface area contributed by atoms with E-state index in [9.17, 15) is 19.5 Å². The minimum atomic E-state index is -1.19. The fourth-order valence-electron chi connectivity index (χ4n) is 5.62. The Hall–Kier alpha value is -4.48. The third kappa shape index (κ3) is 5.19. The van der Waals surface area contributed by atoms with Gasteiger partial charge in [-0.1, -0.05) is 97.1 Å². The summed E-state index contributed by atoms with van der Waals surface area (Å²) < 4.78 is 4.45. The average Bonchev–Trinajstić information content (AvgIpc) is 3.49. The maximum Gasteiger partial charge on any atom is 0.316 e. The van der Waals surface area contributed by atoms with Crippen LogP contribution in [0.1, 0.15) is 22.5 Å². The number of hydrogen-bond acceptors (Lipinski definition) is 8. The van der Waals surface area contributed by atoms with Crippen molar-refractivity contribution in [3.05, 3.63) is 126 Å². The fraction of sp³-hybridized carbons (Fsp3) is 0.219. The highest BCUT2D eigenvalue weighted by atomic mass is 32.2. The van der Waals surface area contributed by atoms with E-state index in [1.54, 1.807) is 0 Å². The summed E-state index contributed by atoms with van der Waals surface area (Å²) in [5.74, 6) is -1.07. The number of β-lactam (4-membered cyclic amide) rings is 1. The van der Waals surface area contributed by atoms with Crippen LogP contribution in [-0.2, 0) is 26.3 Å². The molecule has 9 nitrogen and oxygen atoms in total. The molecule has 6 rings (SSSR count). The molecule has 2 amide bonds. The van der Waals surface area contributed by atoms with Crippen LogP contribution in [0.5, 0.6) is 0 Å². The molecule has 0 aliphatic carbocycles. The van der Waals surface area contributed by atoms with Gasteiger partial charge in [0.2, 0.25) is 16.9 Å². The molecule has 3 N–H and O–H groups in total. The second-order valence-electron chi connectivity index (χ2n) is 10.5. The molecule has 2 fully saturated rings. The molecule has 11 heteroatoms. The Kier molecular flexibility index (Phi) is 7.76. The smallest absolute Gasteiger partial charge is 0.316 e. The lowest BCUT2D eigenvalue weighted by atomic mass is 9.77. The van der Waals surface area contributed by atoms with Crippen LogP contribution in [-0.4, -0.2) is 60.9 Å². The first-order valence-electron chi connectivity index (χ1n) is 13.7. The number of aromatic nitrogens is 2.